The van der Waals surface area contributed by atoms with Crippen molar-refractivity contribution in [3.8, 4) is 0 Å². The minimum atomic E-state index is 0.116. The maximum absolute atomic E-state index is 5.45. The van der Waals surface area contributed by atoms with E-state index in [0.717, 1.165) is 6.42 Å². The van der Waals surface area contributed by atoms with Crippen LogP contribution in [0.2, 0.25) is 0 Å². The van der Waals surface area contributed by atoms with Gasteiger partial charge in [-0.1, -0.05) is 48.5 Å². The highest BCUT2D eigenvalue weighted by Gasteiger charge is 2.05. The Morgan fingerprint density at radius 1 is 1.19 bits per heavy atom. The first-order valence-electron chi connectivity index (χ1n) is 5.40. The second kappa shape index (κ2) is 4.92. The highest BCUT2D eigenvalue weighted by molar-refractivity contribution is 5.85. The smallest absolute Gasteiger partial charge is 0.0428 e. The van der Waals surface area contributed by atoms with Crippen molar-refractivity contribution in [2.24, 2.45) is 5.84 Å². The number of benzene rings is 2. The molecule has 0 amide bonds. The number of fused-ring (bicyclic) bond motifs is 1. The minimum absolute atomic E-state index is 0.116. The Kier molecular flexibility index (Phi) is 3.34. The Balaban J connectivity index is 2.40. The molecule has 0 fully saturated rings. The summed E-state index contributed by atoms with van der Waals surface area (Å²) in [6.07, 6.45) is 2.70. The zero-order chi connectivity index (χ0) is 11.4. The Morgan fingerprint density at radius 2 is 1.94 bits per heavy atom. The van der Waals surface area contributed by atoms with Gasteiger partial charge in [0.15, 0.2) is 0 Å². The lowest BCUT2D eigenvalue weighted by Crippen LogP contribution is -2.34. The number of hydrogen-bond acceptors (Lipinski definition) is 2. The highest BCUT2D eigenvalue weighted by Crippen LogP contribution is 2.19. The van der Waals surface area contributed by atoms with E-state index in [-0.39, 0.29) is 6.04 Å². The molecule has 82 valence electrons. The molecule has 0 radical (unpaired) electrons. The van der Waals surface area contributed by atoms with Gasteiger partial charge in [0.1, 0.15) is 0 Å². The van der Waals surface area contributed by atoms with Crippen molar-refractivity contribution < 1.29 is 0 Å². The van der Waals surface area contributed by atoms with Crippen molar-refractivity contribution in [2.75, 3.05) is 0 Å². The molecule has 0 aliphatic carbocycles. The third-order valence-corrected chi connectivity index (χ3v) is 2.82. The number of nitrogens with one attached hydrogen (secondary N) is 1. The lowest BCUT2D eigenvalue weighted by atomic mass is 9.99. The van der Waals surface area contributed by atoms with E-state index in [0.29, 0.717) is 0 Å². The van der Waals surface area contributed by atoms with Crippen molar-refractivity contribution in [3.63, 3.8) is 0 Å². The summed E-state index contributed by atoms with van der Waals surface area (Å²) in [7, 11) is 0. The molecule has 2 nitrogen and oxygen atoms in total. The third-order valence-electron chi connectivity index (χ3n) is 2.82. The Labute approximate surface area is 95.7 Å². The first-order valence-corrected chi connectivity index (χ1v) is 5.40. The molecule has 2 aromatic rings. The predicted octanol–water partition coefficient (Wildman–Crippen LogP) is 2.40. The second-order valence-corrected chi connectivity index (χ2v) is 3.85. The lowest BCUT2D eigenvalue weighted by Gasteiger charge is -2.12. The fraction of sp³-hybridized carbons (Fsp3) is 0.143. The molecular formula is C14H16N2. The van der Waals surface area contributed by atoms with Crippen LogP contribution in [0, 0.1) is 0 Å². The van der Waals surface area contributed by atoms with Gasteiger partial charge in [-0.3, -0.25) is 11.3 Å². The number of hydrazine groups is 1. The first-order chi connectivity index (χ1) is 7.85. The quantitative estimate of drug-likeness (QED) is 0.464. The van der Waals surface area contributed by atoms with E-state index >= 15 is 0 Å². The van der Waals surface area contributed by atoms with Crippen molar-refractivity contribution in [1.29, 1.82) is 0 Å². The van der Waals surface area contributed by atoms with Crippen LogP contribution in [0.25, 0.3) is 10.8 Å². The van der Waals surface area contributed by atoms with Crippen LogP contribution < -0.4 is 11.3 Å². The largest absolute Gasteiger partial charge is 0.271 e. The summed E-state index contributed by atoms with van der Waals surface area (Å²) in [6, 6.07) is 14.8. The van der Waals surface area contributed by atoms with Gasteiger partial charge in [-0.05, 0) is 22.8 Å². The average Bonchev–Trinajstić information content (AvgIpc) is 2.36. The number of nitrogens with two attached hydrogens (primary N) is 1. The summed E-state index contributed by atoms with van der Waals surface area (Å²) in [4.78, 5) is 0. The number of hydrogen-bond donors (Lipinski definition) is 2. The molecular weight excluding hydrogens is 196 g/mol. The molecule has 0 spiro atoms. The maximum Gasteiger partial charge on any atom is 0.0428 e. The SMILES string of the molecule is C=CC(Cc1cccc2ccccc12)NN. The van der Waals surface area contributed by atoms with Crippen LogP contribution in [0.3, 0.4) is 0 Å². The average molecular weight is 212 g/mol. The van der Waals surface area contributed by atoms with Gasteiger partial charge in [-0.2, -0.15) is 0 Å². The first kappa shape index (κ1) is 10.9. The summed E-state index contributed by atoms with van der Waals surface area (Å²) in [5.41, 5.74) is 4.04. The summed E-state index contributed by atoms with van der Waals surface area (Å²) < 4.78 is 0. The molecule has 1 atom stereocenters. The van der Waals surface area contributed by atoms with Gasteiger partial charge in [0.05, 0.1) is 0 Å². The summed E-state index contributed by atoms with van der Waals surface area (Å²) in [5, 5.41) is 2.55. The zero-order valence-electron chi connectivity index (χ0n) is 9.19. The summed E-state index contributed by atoms with van der Waals surface area (Å²) >= 11 is 0. The minimum Gasteiger partial charge on any atom is -0.271 e. The van der Waals surface area contributed by atoms with Crippen LogP contribution in [0.1, 0.15) is 5.56 Å². The van der Waals surface area contributed by atoms with Crippen LogP contribution in [-0.4, -0.2) is 6.04 Å². The van der Waals surface area contributed by atoms with Gasteiger partial charge < -0.3 is 0 Å². The Bertz CT molecular complexity index is 486. The molecule has 2 aromatic carbocycles. The molecule has 0 bridgehead atoms. The van der Waals surface area contributed by atoms with Crippen LogP contribution in [0.4, 0.5) is 0 Å². The molecule has 0 heterocycles. The van der Waals surface area contributed by atoms with Gasteiger partial charge in [-0.15, -0.1) is 6.58 Å². The van der Waals surface area contributed by atoms with Crippen molar-refractivity contribution in [2.45, 2.75) is 12.5 Å². The van der Waals surface area contributed by atoms with Gasteiger partial charge in [0.2, 0.25) is 0 Å². The lowest BCUT2D eigenvalue weighted by molar-refractivity contribution is 0.620. The third kappa shape index (κ3) is 2.13. The fourth-order valence-corrected chi connectivity index (χ4v) is 1.92. The second-order valence-electron chi connectivity index (χ2n) is 3.85. The topological polar surface area (TPSA) is 38.0 Å². The van der Waals surface area contributed by atoms with E-state index in [4.69, 9.17) is 5.84 Å². The van der Waals surface area contributed by atoms with Crippen molar-refractivity contribution in [3.05, 3.63) is 60.7 Å². The Morgan fingerprint density at radius 3 is 2.69 bits per heavy atom. The van der Waals surface area contributed by atoms with Gasteiger partial charge in [0, 0.05) is 6.04 Å². The molecule has 2 rings (SSSR count). The normalized spacial score (nSPS) is 12.6. The molecule has 0 aromatic heterocycles. The van der Waals surface area contributed by atoms with E-state index in [1.54, 1.807) is 0 Å². The van der Waals surface area contributed by atoms with Crippen molar-refractivity contribution in [1.82, 2.24) is 5.43 Å². The van der Waals surface area contributed by atoms with Crippen molar-refractivity contribution >= 4 is 10.8 Å². The summed E-state index contributed by atoms with van der Waals surface area (Å²) in [6.45, 7) is 3.77. The fourth-order valence-electron chi connectivity index (χ4n) is 1.92. The predicted molar refractivity (Wildman–Crippen MR) is 69.0 cm³/mol. The van der Waals surface area contributed by atoms with Gasteiger partial charge in [-0.25, -0.2) is 0 Å². The van der Waals surface area contributed by atoms with Crippen LogP contribution in [0.15, 0.2) is 55.1 Å². The Hall–Kier alpha value is -1.64. The molecule has 3 N–H and O–H groups in total. The molecule has 2 heteroatoms. The van der Waals surface area contributed by atoms with E-state index in [9.17, 15) is 0 Å². The van der Waals surface area contributed by atoms with E-state index < -0.39 is 0 Å². The summed E-state index contributed by atoms with van der Waals surface area (Å²) in [5.74, 6) is 5.45. The standard InChI is InChI=1S/C14H16N2/c1-2-13(16-15)10-12-8-5-7-11-6-3-4-9-14(11)12/h2-9,13,16H,1,10,15H2. The van der Waals surface area contributed by atoms with E-state index in [1.807, 2.05) is 6.08 Å². The van der Waals surface area contributed by atoms with Gasteiger partial charge in [0.25, 0.3) is 0 Å². The van der Waals surface area contributed by atoms with Gasteiger partial charge >= 0.3 is 0 Å². The molecule has 0 aliphatic heterocycles. The van der Waals surface area contributed by atoms with Crippen LogP contribution in [-0.2, 0) is 6.42 Å². The zero-order valence-corrected chi connectivity index (χ0v) is 9.19. The maximum atomic E-state index is 5.45. The highest BCUT2D eigenvalue weighted by atomic mass is 15.2. The molecule has 1 unspecified atom stereocenters. The molecule has 0 saturated heterocycles. The molecule has 0 aliphatic rings. The monoisotopic (exact) mass is 212 g/mol. The van der Waals surface area contributed by atoms with E-state index in [1.165, 1.54) is 16.3 Å². The molecule has 16 heavy (non-hydrogen) atoms. The van der Waals surface area contributed by atoms with Crippen LogP contribution in [0.5, 0.6) is 0 Å². The number of rotatable bonds is 4. The molecule has 0 saturated carbocycles. The van der Waals surface area contributed by atoms with Crippen LogP contribution >= 0.6 is 0 Å². The van der Waals surface area contributed by atoms with E-state index in [2.05, 4.69) is 54.5 Å².